The zero-order chi connectivity index (χ0) is 15.4. The second kappa shape index (κ2) is 6.58. The standard InChI is InChI=1S/C15H21N3O3/c1-10-9-18(8-7-12(10)19)14(20)13(17-15(16)21)11-5-3-2-4-6-11/h2-6,10,12-13,19H,7-9H2,1H3,(H3,16,17,21). The first kappa shape index (κ1) is 15.3. The van der Waals surface area contributed by atoms with Crippen LogP contribution in [0.2, 0.25) is 0 Å². The van der Waals surface area contributed by atoms with Gasteiger partial charge in [-0.2, -0.15) is 0 Å². The number of hydrogen-bond acceptors (Lipinski definition) is 3. The highest BCUT2D eigenvalue weighted by Crippen LogP contribution is 2.21. The van der Waals surface area contributed by atoms with Gasteiger partial charge < -0.3 is 21.1 Å². The maximum atomic E-state index is 12.7. The number of piperidine rings is 1. The van der Waals surface area contributed by atoms with Crippen molar-refractivity contribution in [1.82, 2.24) is 10.2 Å². The summed E-state index contributed by atoms with van der Waals surface area (Å²) in [5.74, 6) is -0.175. The van der Waals surface area contributed by atoms with E-state index in [9.17, 15) is 14.7 Å². The van der Waals surface area contributed by atoms with E-state index in [0.29, 0.717) is 25.1 Å². The molecular weight excluding hydrogens is 270 g/mol. The summed E-state index contributed by atoms with van der Waals surface area (Å²) >= 11 is 0. The average Bonchev–Trinajstić information content (AvgIpc) is 2.47. The third-order valence-corrected chi connectivity index (χ3v) is 3.84. The number of carbonyl (C=O) groups excluding carboxylic acids is 2. The Morgan fingerprint density at radius 1 is 1.38 bits per heavy atom. The van der Waals surface area contributed by atoms with Gasteiger partial charge in [0.05, 0.1) is 6.10 Å². The number of likely N-dealkylation sites (tertiary alicyclic amines) is 1. The van der Waals surface area contributed by atoms with Gasteiger partial charge in [-0.15, -0.1) is 0 Å². The Labute approximate surface area is 123 Å². The van der Waals surface area contributed by atoms with Crippen LogP contribution in [0.15, 0.2) is 30.3 Å². The van der Waals surface area contributed by atoms with Crippen LogP contribution in [0.5, 0.6) is 0 Å². The maximum Gasteiger partial charge on any atom is 0.313 e. The fourth-order valence-corrected chi connectivity index (χ4v) is 2.59. The molecule has 0 radical (unpaired) electrons. The highest BCUT2D eigenvalue weighted by molar-refractivity contribution is 5.87. The number of amides is 3. The molecule has 1 saturated heterocycles. The molecule has 1 fully saturated rings. The van der Waals surface area contributed by atoms with Crippen molar-refractivity contribution in [2.45, 2.75) is 25.5 Å². The maximum absolute atomic E-state index is 12.7. The Morgan fingerprint density at radius 2 is 2.05 bits per heavy atom. The smallest absolute Gasteiger partial charge is 0.313 e. The Bertz CT molecular complexity index is 506. The fourth-order valence-electron chi connectivity index (χ4n) is 2.59. The molecule has 0 spiro atoms. The molecule has 1 heterocycles. The number of aliphatic hydroxyl groups excluding tert-OH is 1. The molecule has 0 saturated carbocycles. The van der Waals surface area contributed by atoms with Gasteiger partial charge in [0.25, 0.3) is 0 Å². The highest BCUT2D eigenvalue weighted by Gasteiger charge is 2.32. The van der Waals surface area contributed by atoms with Crippen LogP contribution in [0.3, 0.4) is 0 Å². The third kappa shape index (κ3) is 3.72. The summed E-state index contributed by atoms with van der Waals surface area (Å²) in [5, 5.41) is 12.3. The van der Waals surface area contributed by atoms with Crippen molar-refractivity contribution in [1.29, 1.82) is 0 Å². The predicted octanol–water partition coefficient (Wildman–Crippen LogP) is 0.625. The van der Waals surface area contributed by atoms with Crippen molar-refractivity contribution in [3.05, 3.63) is 35.9 Å². The minimum atomic E-state index is -0.786. The first-order valence-corrected chi connectivity index (χ1v) is 7.07. The summed E-state index contributed by atoms with van der Waals surface area (Å²) in [4.78, 5) is 25.5. The SMILES string of the molecule is CC1CN(C(=O)C(NC(N)=O)c2ccccc2)CCC1O. The van der Waals surface area contributed by atoms with E-state index in [-0.39, 0.29) is 17.9 Å². The van der Waals surface area contributed by atoms with E-state index >= 15 is 0 Å². The molecular formula is C15H21N3O3. The van der Waals surface area contributed by atoms with E-state index in [1.807, 2.05) is 13.0 Å². The number of rotatable bonds is 3. The molecule has 1 aliphatic heterocycles. The molecule has 1 aromatic carbocycles. The topological polar surface area (TPSA) is 95.7 Å². The number of urea groups is 1. The van der Waals surface area contributed by atoms with Crippen molar-refractivity contribution in [2.24, 2.45) is 11.7 Å². The van der Waals surface area contributed by atoms with Gasteiger partial charge in [-0.25, -0.2) is 4.79 Å². The number of nitrogens with zero attached hydrogens (tertiary/aromatic N) is 1. The molecule has 6 heteroatoms. The lowest BCUT2D eigenvalue weighted by molar-refractivity contribution is -0.136. The molecule has 1 aromatic rings. The Morgan fingerprint density at radius 3 is 2.62 bits per heavy atom. The van der Waals surface area contributed by atoms with Gasteiger partial charge in [0, 0.05) is 13.1 Å². The normalized spacial score (nSPS) is 23.4. The van der Waals surface area contributed by atoms with Gasteiger partial charge in [0.1, 0.15) is 6.04 Å². The lowest BCUT2D eigenvalue weighted by Crippen LogP contribution is -2.50. The number of primary amides is 1. The summed E-state index contributed by atoms with van der Waals surface area (Å²) in [6.45, 7) is 2.86. The summed E-state index contributed by atoms with van der Waals surface area (Å²) in [6, 6.07) is 7.49. The van der Waals surface area contributed by atoms with E-state index in [0.717, 1.165) is 0 Å². The highest BCUT2D eigenvalue weighted by atomic mass is 16.3. The van der Waals surface area contributed by atoms with Crippen molar-refractivity contribution < 1.29 is 14.7 Å². The predicted molar refractivity (Wildman–Crippen MR) is 78.3 cm³/mol. The van der Waals surface area contributed by atoms with Crippen molar-refractivity contribution >= 4 is 11.9 Å². The van der Waals surface area contributed by atoms with Crippen molar-refractivity contribution in [3.8, 4) is 0 Å². The van der Waals surface area contributed by atoms with Gasteiger partial charge in [-0.1, -0.05) is 37.3 Å². The minimum absolute atomic E-state index is 0.0210. The van der Waals surface area contributed by atoms with Crippen LogP contribution in [-0.2, 0) is 4.79 Å². The van der Waals surface area contributed by atoms with Crippen LogP contribution in [0.4, 0.5) is 4.79 Å². The molecule has 0 bridgehead atoms. The van der Waals surface area contributed by atoms with Crippen LogP contribution in [0.25, 0.3) is 0 Å². The quantitative estimate of drug-likeness (QED) is 0.762. The number of benzene rings is 1. The third-order valence-electron chi connectivity index (χ3n) is 3.84. The molecule has 1 aliphatic rings. The molecule has 6 nitrogen and oxygen atoms in total. The Kier molecular flexibility index (Phi) is 4.80. The Balaban J connectivity index is 2.17. The second-order valence-corrected chi connectivity index (χ2v) is 5.47. The molecule has 114 valence electrons. The van der Waals surface area contributed by atoms with Crippen LogP contribution >= 0.6 is 0 Å². The molecule has 2 rings (SSSR count). The van der Waals surface area contributed by atoms with E-state index in [1.54, 1.807) is 29.2 Å². The second-order valence-electron chi connectivity index (χ2n) is 5.47. The number of aliphatic hydroxyl groups is 1. The van der Waals surface area contributed by atoms with Gasteiger partial charge in [-0.05, 0) is 17.9 Å². The summed E-state index contributed by atoms with van der Waals surface area (Å²) < 4.78 is 0. The van der Waals surface area contributed by atoms with Crippen molar-refractivity contribution in [3.63, 3.8) is 0 Å². The van der Waals surface area contributed by atoms with Crippen LogP contribution in [0.1, 0.15) is 24.9 Å². The van der Waals surface area contributed by atoms with Gasteiger partial charge >= 0.3 is 6.03 Å². The Hall–Kier alpha value is -2.08. The lowest BCUT2D eigenvalue weighted by Gasteiger charge is -2.36. The average molecular weight is 291 g/mol. The monoisotopic (exact) mass is 291 g/mol. The summed E-state index contributed by atoms with van der Waals surface area (Å²) in [6.07, 6.45) is 0.165. The number of hydrogen-bond donors (Lipinski definition) is 3. The number of nitrogens with two attached hydrogens (primary N) is 1. The van der Waals surface area contributed by atoms with Crippen LogP contribution in [0, 0.1) is 5.92 Å². The zero-order valence-electron chi connectivity index (χ0n) is 12.0. The number of carbonyl (C=O) groups is 2. The minimum Gasteiger partial charge on any atom is -0.393 e. The number of nitrogens with one attached hydrogen (secondary N) is 1. The molecule has 21 heavy (non-hydrogen) atoms. The zero-order valence-corrected chi connectivity index (χ0v) is 12.0. The van der Waals surface area contributed by atoms with E-state index in [2.05, 4.69) is 5.32 Å². The molecule has 3 atom stereocenters. The van der Waals surface area contributed by atoms with Gasteiger partial charge in [-0.3, -0.25) is 4.79 Å². The van der Waals surface area contributed by atoms with Crippen LogP contribution < -0.4 is 11.1 Å². The van der Waals surface area contributed by atoms with E-state index in [1.165, 1.54) is 0 Å². The molecule has 0 aliphatic carbocycles. The van der Waals surface area contributed by atoms with E-state index < -0.39 is 12.1 Å². The van der Waals surface area contributed by atoms with Crippen LogP contribution in [-0.4, -0.2) is 41.1 Å². The summed E-state index contributed by atoms with van der Waals surface area (Å²) in [7, 11) is 0. The molecule has 4 N–H and O–H groups in total. The molecule has 3 unspecified atom stereocenters. The molecule has 0 aromatic heterocycles. The van der Waals surface area contributed by atoms with Gasteiger partial charge in [0.2, 0.25) is 5.91 Å². The first-order valence-electron chi connectivity index (χ1n) is 7.07. The largest absolute Gasteiger partial charge is 0.393 e. The van der Waals surface area contributed by atoms with Crippen molar-refractivity contribution in [2.75, 3.05) is 13.1 Å². The first-order chi connectivity index (χ1) is 9.99. The lowest BCUT2D eigenvalue weighted by atomic mass is 9.95. The fraction of sp³-hybridized carbons (Fsp3) is 0.467. The van der Waals surface area contributed by atoms with Gasteiger partial charge in [0.15, 0.2) is 0 Å². The molecule has 3 amide bonds. The van der Waals surface area contributed by atoms with E-state index in [4.69, 9.17) is 5.73 Å². The summed E-state index contributed by atoms with van der Waals surface area (Å²) in [5.41, 5.74) is 5.88.